The van der Waals surface area contributed by atoms with Gasteiger partial charge in [-0.05, 0) is 45.5 Å². The highest BCUT2D eigenvalue weighted by Gasteiger charge is 2.30. The topological polar surface area (TPSA) is 35.6 Å². The predicted octanol–water partition coefficient (Wildman–Crippen LogP) is 2.67. The molecule has 1 amide bonds. The molecule has 0 saturated carbocycles. The fourth-order valence-corrected chi connectivity index (χ4v) is 2.95. The molecule has 0 aromatic heterocycles. The Kier molecular flexibility index (Phi) is 5.62. The molecule has 1 unspecified atom stereocenters. The van der Waals surface area contributed by atoms with Crippen molar-refractivity contribution in [1.29, 1.82) is 0 Å². The molecule has 1 aromatic carbocycles. The Hall–Kier alpha value is -1.55. The molecule has 1 heterocycles. The zero-order valence-electron chi connectivity index (χ0n) is 13.4. The molecule has 116 valence electrons. The largest absolute Gasteiger partial charge is 0.384 e. The van der Waals surface area contributed by atoms with Gasteiger partial charge in [-0.15, -0.1) is 0 Å². The molecule has 1 fully saturated rings. The summed E-state index contributed by atoms with van der Waals surface area (Å²) in [6.45, 7) is 4.84. The van der Waals surface area contributed by atoms with E-state index in [1.165, 1.54) is 0 Å². The number of nitrogens with zero attached hydrogens (tertiary/aromatic N) is 2. The molecule has 1 atom stereocenters. The van der Waals surface area contributed by atoms with E-state index in [-0.39, 0.29) is 5.91 Å². The first-order chi connectivity index (χ1) is 10.1. The van der Waals surface area contributed by atoms with E-state index >= 15 is 0 Å². The van der Waals surface area contributed by atoms with E-state index in [2.05, 4.69) is 31.2 Å². The molecule has 4 heteroatoms. The van der Waals surface area contributed by atoms with Crippen LogP contribution in [0.4, 0.5) is 5.69 Å². The fourth-order valence-electron chi connectivity index (χ4n) is 2.95. The predicted molar refractivity (Wildman–Crippen MR) is 87.8 cm³/mol. The lowest BCUT2D eigenvalue weighted by Crippen LogP contribution is -2.41. The Labute approximate surface area is 128 Å². The third-order valence-corrected chi connectivity index (χ3v) is 3.94. The maximum atomic E-state index is 12.9. The number of likely N-dealkylation sites (tertiary alicyclic amines) is 1. The molecule has 1 aliphatic heterocycles. The van der Waals surface area contributed by atoms with Crippen molar-refractivity contribution in [3.8, 4) is 0 Å². The second-order valence-corrected chi connectivity index (χ2v) is 6.03. The summed E-state index contributed by atoms with van der Waals surface area (Å²) in [6.07, 6.45) is 3.26. The summed E-state index contributed by atoms with van der Waals surface area (Å²) >= 11 is 0. The van der Waals surface area contributed by atoms with Gasteiger partial charge in [0.25, 0.3) is 5.91 Å². The number of carbonyl (C=O) groups excluding carboxylic acids is 1. The molecule has 0 aliphatic carbocycles. The quantitative estimate of drug-likeness (QED) is 0.874. The van der Waals surface area contributed by atoms with Crippen molar-refractivity contribution in [1.82, 2.24) is 9.80 Å². The van der Waals surface area contributed by atoms with Crippen molar-refractivity contribution in [3.05, 3.63) is 29.8 Å². The number of hydrogen-bond acceptors (Lipinski definition) is 3. The van der Waals surface area contributed by atoms with Crippen LogP contribution in [0.5, 0.6) is 0 Å². The first kappa shape index (κ1) is 15.8. The van der Waals surface area contributed by atoms with Crippen LogP contribution in [0.25, 0.3) is 0 Å². The number of rotatable bonds is 6. The second kappa shape index (κ2) is 7.46. The van der Waals surface area contributed by atoms with Crippen LogP contribution in [0.15, 0.2) is 24.3 Å². The zero-order chi connectivity index (χ0) is 15.2. The Morgan fingerprint density at radius 1 is 1.38 bits per heavy atom. The van der Waals surface area contributed by atoms with E-state index in [4.69, 9.17) is 0 Å². The molecule has 0 spiro atoms. The SMILES string of the molecule is CCCNc1ccccc1C(=O)N1CCCC1CN(C)C. The van der Waals surface area contributed by atoms with Crippen LogP contribution in [0.1, 0.15) is 36.5 Å². The molecule has 1 aromatic rings. The number of para-hydroxylation sites is 1. The van der Waals surface area contributed by atoms with Gasteiger partial charge in [0.1, 0.15) is 0 Å². The van der Waals surface area contributed by atoms with Crippen molar-refractivity contribution >= 4 is 11.6 Å². The van der Waals surface area contributed by atoms with Crippen LogP contribution in [0.2, 0.25) is 0 Å². The number of nitrogens with one attached hydrogen (secondary N) is 1. The first-order valence-electron chi connectivity index (χ1n) is 7.92. The minimum absolute atomic E-state index is 0.165. The summed E-state index contributed by atoms with van der Waals surface area (Å²) in [4.78, 5) is 17.1. The monoisotopic (exact) mass is 289 g/mol. The minimum atomic E-state index is 0.165. The molecule has 1 aliphatic rings. The van der Waals surface area contributed by atoms with Crippen molar-refractivity contribution in [2.24, 2.45) is 0 Å². The number of likely N-dealkylation sites (N-methyl/N-ethyl adjacent to an activating group) is 1. The van der Waals surface area contributed by atoms with Gasteiger partial charge in [-0.25, -0.2) is 0 Å². The molecule has 2 rings (SSSR count). The van der Waals surface area contributed by atoms with E-state index in [9.17, 15) is 4.79 Å². The average Bonchev–Trinajstić information content (AvgIpc) is 2.92. The summed E-state index contributed by atoms with van der Waals surface area (Å²) in [6, 6.07) is 8.20. The molecule has 0 radical (unpaired) electrons. The summed E-state index contributed by atoms with van der Waals surface area (Å²) < 4.78 is 0. The van der Waals surface area contributed by atoms with Crippen LogP contribution in [0.3, 0.4) is 0 Å². The second-order valence-electron chi connectivity index (χ2n) is 6.03. The van der Waals surface area contributed by atoms with Crippen molar-refractivity contribution in [3.63, 3.8) is 0 Å². The number of anilines is 1. The van der Waals surface area contributed by atoms with E-state index in [0.717, 1.165) is 50.1 Å². The normalized spacial score (nSPS) is 18.3. The van der Waals surface area contributed by atoms with E-state index in [1.54, 1.807) is 0 Å². The molecule has 0 bridgehead atoms. The Bertz CT molecular complexity index is 473. The summed E-state index contributed by atoms with van der Waals surface area (Å²) in [5.74, 6) is 0.165. The summed E-state index contributed by atoms with van der Waals surface area (Å²) in [5, 5.41) is 3.36. The maximum absolute atomic E-state index is 12.9. The Morgan fingerprint density at radius 2 is 2.14 bits per heavy atom. The highest BCUT2D eigenvalue weighted by atomic mass is 16.2. The van der Waals surface area contributed by atoms with Gasteiger partial charge in [-0.2, -0.15) is 0 Å². The average molecular weight is 289 g/mol. The number of amides is 1. The van der Waals surface area contributed by atoms with Gasteiger partial charge in [0.2, 0.25) is 0 Å². The van der Waals surface area contributed by atoms with Gasteiger partial charge in [0.15, 0.2) is 0 Å². The van der Waals surface area contributed by atoms with E-state index < -0.39 is 0 Å². The van der Waals surface area contributed by atoms with Gasteiger partial charge >= 0.3 is 0 Å². The Balaban J connectivity index is 2.15. The van der Waals surface area contributed by atoms with Crippen LogP contribution >= 0.6 is 0 Å². The van der Waals surface area contributed by atoms with Crippen molar-refractivity contribution < 1.29 is 4.79 Å². The van der Waals surface area contributed by atoms with Crippen LogP contribution < -0.4 is 5.32 Å². The van der Waals surface area contributed by atoms with Crippen LogP contribution in [-0.4, -0.2) is 55.5 Å². The van der Waals surface area contributed by atoms with Gasteiger partial charge < -0.3 is 15.1 Å². The van der Waals surface area contributed by atoms with Gasteiger partial charge in [0.05, 0.1) is 5.56 Å². The highest BCUT2D eigenvalue weighted by molar-refractivity contribution is 5.99. The maximum Gasteiger partial charge on any atom is 0.256 e. The molecule has 21 heavy (non-hydrogen) atoms. The molecular formula is C17H27N3O. The smallest absolute Gasteiger partial charge is 0.256 e. The van der Waals surface area contributed by atoms with Gasteiger partial charge in [-0.3, -0.25) is 4.79 Å². The lowest BCUT2D eigenvalue weighted by Gasteiger charge is -2.28. The van der Waals surface area contributed by atoms with Gasteiger partial charge in [-0.1, -0.05) is 19.1 Å². The molecule has 1 N–H and O–H groups in total. The van der Waals surface area contributed by atoms with Crippen molar-refractivity contribution in [2.45, 2.75) is 32.2 Å². The number of benzene rings is 1. The lowest BCUT2D eigenvalue weighted by molar-refractivity contribution is 0.0717. The number of hydrogen-bond donors (Lipinski definition) is 1. The van der Waals surface area contributed by atoms with E-state index in [1.807, 2.05) is 29.2 Å². The van der Waals surface area contributed by atoms with Gasteiger partial charge in [0, 0.05) is 31.4 Å². The number of carbonyl (C=O) groups is 1. The Morgan fingerprint density at radius 3 is 2.86 bits per heavy atom. The fraction of sp³-hybridized carbons (Fsp3) is 0.588. The van der Waals surface area contributed by atoms with Crippen LogP contribution in [-0.2, 0) is 0 Å². The standard InChI is InChI=1S/C17H27N3O/c1-4-11-18-16-10-6-5-9-15(16)17(21)20-12-7-8-14(20)13-19(2)3/h5-6,9-10,14,18H,4,7-8,11-13H2,1-3H3. The zero-order valence-corrected chi connectivity index (χ0v) is 13.4. The lowest BCUT2D eigenvalue weighted by atomic mass is 10.1. The third kappa shape index (κ3) is 3.97. The van der Waals surface area contributed by atoms with E-state index in [0.29, 0.717) is 6.04 Å². The molecule has 4 nitrogen and oxygen atoms in total. The van der Waals surface area contributed by atoms with Crippen LogP contribution in [0, 0.1) is 0 Å². The summed E-state index contributed by atoms with van der Waals surface area (Å²) in [5.41, 5.74) is 1.76. The van der Waals surface area contributed by atoms with Crippen molar-refractivity contribution in [2.75, 3.05) is 39.0 Å². The minimum Gasteiger partial charge on any atom is -0.384 e. The third-order valence-electron chi connectivity index (χ3n) is 3.94. The first-order valence-corrected chi connectivity index (χ1v) is 7.92. The highest BCUT2D eigenvalue weighted by Crippen LogP contribution is 2.24. The molecule has 1 saturated heterocycles. The molecular weight excluding hydrogens is 262 g/mol. The summed E-state index contributed by atoms with van der Waals surface area (Å²) in [7, 11) is 4.13.